The van der Waals surface area contributed by atoms with Gasteiger partial charge in [0.15, 0.2) is 0 Å². The van der Waals surface area contributed by atoms with Crippen LogP contribution in [0.25, 0.3) is 11.0 Å². The summed E-state index contributed by atoms with van der Waals surface area (Å²) in [5, 5.41) is 11.7. The second-order valence-electron chi connectivity index (χ2n) is 4.38. The fourth-order valence-electron chi connectivity index (χ4n) is 2.20. The van der Waals surface area contributed by atoms with Crippen LogP contribution in [0, 0.1) is 0 Å². The zero-order chi connectivity index (χ0) is 14.3. The van der Waals surface area contributed by atoms with Crippen LogP contribution in [0.4, 0.5) is 0 Å². The molecule has 2 aromatic heterocycles. The molecule has 3 aromatic rings. The van der Waals surface area contributed by atoms with Crippen molar-refractivity contribution in [3.8, 4) is 0 Å². The number of benzene rings is 1. The molecule has 6 nitrogen and oxygen atoms in total. The molecule has 1 atom stereocenters. The molecule has 20 heavy (non-hydrogen) atoms. The van der Waals surface area contributed by atoms with Crippen LogP contribution in [0.15, 0.2) is 34.6 Å². The number of hydrogen-bond acceptors (Lipinski definition) is 4. The fourth-order valence-corrected chi connectivity index (χ4v) is 2.89. The Labute approximate surface area is 117 Å². The first-order valence-corrected chi connectivity index (χ1v) is 6.83. The average Bonchev–Trinajstić information content (AvgIpc) is 3.03. The summed E-state index contributed by atoms with van der Waals surface area (Å²) in [6.07, 6.45) is 1.69. The molecule has 0 aliphatic rings. The van der Waals surface area contributed by atoms with E-state index < -0.39 is 5.97 Å². The summed E-state index contributed by atoms with van der Waals surface area (Å²) < 4.78 is 1.58. The van der Waals surface area contributed by atoms with Gasteiger partial charge in [0.05, 0.1) is 22.6 Å². The van der Waals surface area contributed by atoms with Crippen LogP contribution >= 0.6 is 11.3 Å². The van der Waals surface area contributed by atoms with E-state index in [2.05, 4.69) is 9.97 Å². The maximum Gasteiger partial charge on any atom is 0.335 e. The van der Waals surface area contributed by atoms with Crippen LogP contribution in [-0.4, -0.2) is 25.6 Å². The van der Waals surface area contributed by atoms with Gasteiger partial charge in [0.25, 0.3) is 0 Å². The fraction of sp³-hybridized carbons (Fsp3) is 0.154. The second-order valence-corrected chi connectivity index (χ2v) is 5.31. The van der Waals surface area contributed by atoms with Crippen LogP contribution in [0.1, 0.15) is 28.3 Å². The number of rotatable bonds is 3. The first kappa shape index (κ1) is 12.6. The third kappa shape index (κ3) is 1.92. The normalized spacial score (nSPS) is 12.7. The molecule has 0 saturated heterocycles. The SMILES string of the molecule is CC(c1nccs1)n1c(=O)[nH]c2cc(C(=O)O)ccc21. The van der Waals surface area contributed by atoms with Crippen LogP contribution in [0.5, 0.6) is 0 Å². The molecule has 0 spiro atoms. The highest BCUT2D eigenvalue weighted by atomic mass is 32.1. The van der Waals surface area contributed by atoms with E-state index in [4.69, 9.17) is 5.11 Å². The van der Waals surface area contributed by atoms with Gasteiger partial charge < -0.3 is 10.1 Å². The number of thiazole rings is 1. The summed E-state index contributed by atoms with van der Waals surface area (Å²) in [6.45, 7) is 1.89. The third-order valence-corrected chi connectivity index (χ3v) is 4.11. The number of nitrogens with zero attached hydrogens (tertiary/aromatic N) is 2. The first-order valence-electron chi connectivity index (χ1n) is 5.95. The molecule has 1 aromatic carbocycles. The maximum absolute atomic E-state index is 12.1. The minimum absolute atomic E-state index is 0.146. The van der Waals surface area contributed by atoms with E-state index in [9.17, 15) is 9.59 Å². The quantitative estimate of drug-likeness (QED) is 0.772. The number of hydrogen-bond donors (Lipinski definition) is 2. The number of aromatic nitrogens is 3. The number of aromatic amines is 1. The van der Waals surface area contributed by atoms with E-state index in [-0.39, 0.29) is 17.3 Å². The molecule has 0 aliphatic heterocycles. The number of imidazole rings is 1. The van der Waals surface area contributed by atoms with Crippen molar-refractivity contribution in [2.75, 3.05) is 0 Å². The van der Waals surface area contributed by atoms with Crippen molar-refractivity contribution in [1.29, 1.82) is 0 Å². The molecule has 2 N–H and O–H groups in total. The van der Waals surface area contributed by atoms with Gasteiger partial charge in [-0.2, -0.15) is 0 Å². The highest BCUT2D eigenvalue weighted by Gasteiger charge is 2.17. The molecule has 102 valence electrons. The Morgan fingerprint density at radius 3 is 2.95 bits per heavy atom. The van der Waals surface area contributed by atoms with Crippen molar-refractivity contribution in [1.82, 2.24) is 14.5 Å². The predicted octanol–water partition coefficient (Wildman–Crippen LogP) is 2.09. The summed E-state index contributed by atoms with van der Waals surface area (Å²) >= 11 is 1.48. The lowest BCUT2D eigenvalue weighted by molar-refractivity contribution is 0.0697. The van der Waals surface area contributed by atoms with Gasteiger partial charge in [0, 0.05) is 11.6 Å². The largest absolute Gasteiger partial charge is 0.478 e. The molecular formula is C13H11N3O3S. The molecule has 1 unspecified atom stereocenters. The Bertz CT molecular complexity index is 832. The van der Waals surface area contributed by atoms with Crippen LogP contribution in [-0.2, 0) is 0 Å². The third-order valence-electron chi connectivity index (χ3n) is 3.16. The number of aromatic carboxylic acids is 1. The number of carboxylic acids is 1. The number of nitrogens with one attached hydrogen (secondary N) is 1. The highest BCUT2D eigenvalue weighted by Crippen LogP contribution is 2.23. The van der Waals surface area contributed by atoms with Crippen molar-refractivity contribution in [2.24, 2.45) is 0 Å². The Hall–Kier alpha value is -2.41. The van der Waals surface area contributed by atoms with Crippen LogP contribution in [0.2, 0.25) is 0 Å². The average molecular weight is 289 g/mol. The van der Waals surface area contributed by atoms with Crippen LogP contribution < -0.4 is 5.69 Å². The van der Waals surface area contributed by atoms with E-state index >= 15 is 0 Å². The summed E-state index contributed by atoms with van der Waals surface area (Å²) in [6, 6.07) is 4.39. The Morgan fingerprint density at radius 2 is 2.30 bits per heavy atom. The molecule has 0 aliphatic carbocycles. The predicted molar refractivity (Wildman–Crippen MR) is 75.4 cm³/mol. The summed E-state index contributed by atoms with van der Waals surface area (Å²) in [7, 11) is 0. The van der Waals surface area contributed by atoms with E-state index in [1.54, 1.807) is 16.8 Å². The number of H-pyrrole nitrogens is 1. The van der Waals surface area contributed by atoms with Gasteiger partial charge in [0.2, 0.25) is 0 Å². The lowest BCUT2D eigenvalue weighted by Crippen LogP contribution is -2.21. The van der Waals surface area contributed by atoms with Crippen molar-refractivity contribution in [2.45, 2.75) is 13.0 Å². The summed E-state index contributed by atoms with van der Waals surface area (Å²) in [4.78, 5) is 29.9. The maximum atomic E-state index is 12.1. The summed E-state index contributed by atoms with van der Waals surface area (Å²) in [5.74, 6) is -1.02. The van der Waals surface area contributed by atoms with Crippen LogP contribution in [0.3, 0.4) is 0 Å². The molecule has 7 heteroatoms. The Morgan fingerprint density at radius 1 is 1.50 bits per heavy atom. The van der Waals surface area contributed by atoms with Gasteiger partial charge in [0.1, 0.15) is 5.01 Å². The van der Waals surface area contributed by atoms with Crippen molar-refractivity contribution < 1.29 is 9.90 Å². The van der Waals surface area contributed by atoms with Gasteiger partial charge in [-0.1, -0.05) is 0 Å². The Kier molecular flexibility index (Phi) is 2.90. The smallest absolute Gasteiger partial charge is 0.335 e. The van der Waals surface area contributed by atoms with Crippen molar-refractivity contribution in [3.63, 3.8) is 0 Å². The first-order chi connectivity index (χ1) is 9.58. The summed E-state index contributed by atoms with van der Waals surface area (Å²) in [5.41, 5.74) is 1.05. The van der Waals surface area contributed by atoms with Gasteiger partial charge >= 0.3 is 11.7 Å². The number of carboxylic acid groups (broad SMARTS) is 1. The molecule has 0 saturated carbocycles. The highest BCUT2D eigenvalue weighted by molar-refractivity contribution is 7.09. The van der Waals surface area contributed by atoms with E-state index in [1.807, 2.05) is 12.3 Å². The van der Waals surface area contributed by atoms with Crippen molar-refractivity contribution >= 4 is 28.3 Å². The lowest BCUT2D eigenvalue weighted by atomic mass is 10.2. The van der Waals surface area contributed by atoms with E-state index in [0.717, 1.165) is 5.01 Å². The van der Waals surface area contributed by atoms with Gasteiger partial charge in [-0.3, -0.25) is 4.57 Å². The zero-order valence-corrected chi connectivity index (χ0v) is 11.3. The minimum atomic E-state index is -1.02. The van der Waals surface area contributed by atoms with E-state index in [0.29, 0.717) is 11.0 Å². The zero-order valence-electron chi connectivity index (χ0n) is 10.5. The monoisotopic (exact) mass is 289 g/mol. The minimum Gasteiger partial charge on any atom is -0.478 e. The van der Waals surface area contributed by atoms with Gasteiger partial charge in [-0.05, 0) is 25.1 Å². The molecular weight excluding hydrogens is 278 g/mol. The topological polar surface area (TPSA) is 88.0 Å². The lowest BCUT2D eigenvalue weighted by Gasteiger charge is -2.10. The van der Waals surface area contributed by atoms with Crippen molar-refractivity contribution in [3.05, 3.63) is 50.8 Å². The molecule has 2 heterocycles. The molecule has 0 radical (unpaired) electrons. The Balaban J connectivity index is 2.19. The molecule has 0 bridgehead atoms. The molecule has 0 amide bonds. The molecule has 3 rings (SSSR count). The molecule has 0 fully saturated rings. The van der Waals surface area contributed by atoms with E-state index in [1.165, 1.54) is 23.5 Å². The number of carbonyl (C=O) groups is 1. The number of fused-ring (bicyclic) bond motifs is 1. The van der Waals surface area contributed by atoms with Gasteiger partial charge in [-0.25, -0.2) is 14.6 Å². The second kappa shape index (κ2) is 4.61. The standard InChI is InChI=1S/C13H11N3O3S/c1-7(11-14-4-5-20-11)16-10-3-2-8(12(17)18)6-9(10)15-13(16)19/h2-7H,1H3,(H,15,19)(H,17,18). The van der Waals surface area contributed by atoms with Gasteiger partial charge in [-0.15, -0.1) is 11.3 Å².